The molecule has 0 fully saturated rings. The van der Waals surface area contributed by atoms with Crippen molar-refractivity contribution in [3.8, 4) is 11.5 Å². The molecule has 5 nitrogen and oxygen atoms in total. The average molecular weight is 325 g/mol. The second-order valence-electron chi connectivity index (χ2n) is 6.75. The van der Waals surface area contributed by atoms with Gasteiger partial charge < -0.3 is 19.1 Å². The number of benzene rings is 1. The van der Waals surface area contributed by atoms with Gasteiger partial charge in [0.15, 0.2) is 11.5 Å². The molecule has 0 saturated heterocycles. The summed E-state index contributed by atoms with van der Waals surface area (Å²) in [6.07, 6.45) is 8.49. The number of hydrogen-bond donors (Lipinski definition) is 0. The Hall–Kier alpha value is -2.27. The molecule has 1 unspecified atom stereocenters. The van der Waals surface area contributed by atoms with Crippen LogP contribution in [-0.4, -0.2) is 37.4 Å². The van der Waals surface area contributed by atoms with Crippen LogP contribution in [0.15, 0.2) is 35.9 Å². The van der Waals surface area contributed by atoms with Crippen molar-refractivity contribution in [2.24, 2.45) is 0 Å². The number of carbonyl (C=O) groups is 1. The lowest BCUT2D eigenvalue weighted by molar-refractivity contribution is -0.130. The van der Waals surface area contributed by atoms with Gasteiger partial charge in [-0.2, -0.15) is 0 Å². The monoisotopic (exact) mass is 325 g/mol. The Kier molecular flexibility index (Phi) is 2.86. The Bertz CT molecular complexity index is 797. The van der Waals surface area contributed by atoms with Crippen LogP contribution in [0.5, 0.6) is 11.5 Å². The molecule has 0 bridgehead atoms. The van der Waals surface area contributed by atoms with E-state index in [2.05, 4.69) is 18.2 Å². The SMILES string of the molecule is COC1C=CC2=CC(=O)N3CCCc4cc5c(cc4[C@]23C1)OCO5. The number of rotatable bonds is 1. The number of nitrogens with zero attached hydrogens (tertiary/aromatic N) is 1. The smallest absolute Gasteiger partial charge is 0.247 e. The first-order valence-corrected chi connectivity index (χ1v) is 8.40. The molecule has 3 heterocycles. The lowest BCUT2D eigenvalue weighted by Crippen LogP contribution is -2.48. The van der Waals surface area contributed by atoms with Crippen molar-refractivity contribution in [3.63, 3.8) is 0 Å². The van der Waals surface area contributed by atoms with Crippen LogP contribution in [0.1, 0.15) is 24.0 Å². The Balaban J connectivity index is 1.76. The number of methoxy groups -OCH3 is 1. The molecule has 0 radical (unpaired) electrons. The maximum atomic E-state index is 12.7. The largest absolute Gasteiger partial charge is 0.454 e. The topological polar surface area (TPSA) is 48.0 Å². The third kappa shape index (κ3) is 1.70. The van der Waals surface area contributed by atoms with Gasteiger partial charge in [-0.3, -0.25) is 4.79 Å². The molecule has 1 aromatic rings. The van der Waals surface area contributed by atoms with E-state index in [1.165, 1.54) is 5.56 Å². The number of carbonyl (C=O) groups excluding carboxylic acids is 1. The van der Waals surface area contributed by atoms with E-state index in [1.54, 1.807) is 13.2 Å². The predicted molar refractivity (Wildman–Crippen MR) is 86.9 cm³/mol. The third-order valence-electron chi connectivity index (χ3n) is 5.64. The average Bonchev–Trinajstić information content (AvgIpc) is 3.11. The van der Waals surface area contributed by atoms with Crippen molar-refractivity contribution in [1.29, 1.82) is 0 Å². The van der Waals surface area contributed by atoms with Crippen LogP contribution in [0, 0.1) is 0 Å². The van der Waals surface area contributed by atoms with Crippen LogP contribution in [0.25, 0.3) is 0 Å². The van der Waals surface area contributed by atoms with Crippen molar-refractivity contribution in [2.45, 2.75) is 30.9 Å². The van der Waals surface area contributed by atoms with Crippen LogP contribution in [-0.2, 0) is 21.5 Å². The summed E-state index contributed by atoms with van der Waals surface area (Å²) in [6.45, 7) is 1.02. The molecule has 24 heavy (non-hydrogen) atoms. The zero-order chi connectivity index (χ0) is 16.3. The molecule has 0 saturated carbocycles. The normalized spacial score (nSPS) is 29.7. The van der Waals surface area contributed by atoms with Gasteiger partial charge in [0.1, 0.15) is 0 Å². The van der Waals surface area contributed by atoms with Gasteiger partial charge in [-0.15, -0.1) is 0 Å². The Labute approximate surface area is 140 Å². The fraction of sp³-hybridized carbons (Fsp3) is 0.421. The van der Waals surface area contributed by atoms with Crippen LogP contribution in [0.3, 0.4) is 0 Å². The molecule has 4 aliphatic rings. The van der Waals surface area contributed by atoms with E-state index in [-0.39, 0.29) is 18.8 Å². The molecule has 1 aliphatic carbocycles. The predicted octanol–water partition coefficient (Wildman–Crippen LogP) is 2.30. The number of ether oxygens (including phenoxy) is 3. The van der Waals surface area contributed by atoms with E-state index in [1.807, 2.05) is 11.0 Å². The van der Waals surface area contributed by atoms with E-state index >= 15 is 0 Å². The van der Waals surface area contributed by atoms with E-state index in [9.17, 15) is 4.79 Å². The summed E-state index contributed by atoms with van der Waals surface area (Å²) in [5.41, 5.74) is 3.02. The minimum absolute atomic E-state index is 0.00748. The van der Waals surface area contributed by atoms with Gasteiger partial charge >= 0.3 is 0 Å². The second kappa shape index (κ2) is 4.86. The van der Waals surface area contributed by atoms with E-state index in [4.69, 9.17) is 14.2 Å². The minimum Gasteiger partial charge on any atom is -0.454 e. The number of aryl methyl sites for hydroxylation is 1. The summed E-state index contributed by atoms with van der Waals surface area (Å²) in [6, 6.07) is 4.17. The van der Waals surface area contributed by atoms with E-state index in [0.717, 1.165) is 48.4 Å². The highest BCUT2D eigenvalue weighted by molar-refractivity contribution is 5.94. The van der Waals surface area contributed by atoms with Crippen LogP contribution < -0.4 is 9.47 Å². The molecule has 0 N–H and O–H groups in total. The summed E-state index contributed by atoms with van der Waals surface area (Å²) >= 11 is 0. The molecule has 5 rings (SSSR count). The van der Waals surface area contributed by atoms with Gasteiger partial charge in [0, 0.05) is 26.2 Å². The number of amides is 1. The highest BCUT2D eigenvalue weighted by Gasteiger charge is 2.52. The van der Waals surface area contributed by atoms with Gasteiger partial charge in [-0.1, -0.05) is 12.2 Å². The number of fused-ring (bicyclic) bond motifs is 2. The van der Waals surface area contributed by atoms with Crippen LogP contribution >= 0.6 is 0 Å². The highest BCUT2D eigenvalue weighted by Crippen LogP contribution is 2.52. The Morgan fingerprint density at radius 3 is 2.96 bits per heavy atom. The fourth-order valence-electron chi connectivity index (χ4n) is 4.54. The van der Waals surface area contributed by atoms with Crippen molar-refractivity contribution >= 4 is 5.91 Å². The lowest BCUT2D eigenvalue weighted by Gasteiger charge is -2.44. The molecule has 2 atom stereocenters. The lowest BCUT2D eigenvalue weighted by atomic mass is 9.74. The molecule has 124 valence electrons. The van der Waals surface area contributed by atoms with Gasteiger partial charge in [0.2, 0.25) is 12.7 Å². The quantitative estimate of drug-likeness (QED) is 0.795. The summed E-state index contributed by atoms with van der Waals surface area (Å²) in [7, 11) is 1.72. The minimum atomic E-state index is -0.445. The molecule has 0 aromatic heterocycles. The number of hydrogen-bond acceptors (Lipinski definition) is 4. The molecular weight excluding hydrogens is 306 g/mol. The molecule has 3 aliphatic heterocycles. The Morgan fingerprint density at radius 2 is 2.12 bits per heavy atom. The third-order valence-corrected chi connectivity index (χ3v) is 5.64. The zero-order valence-corrected chi connectivity index (χ0v) is 13.6. The maximum absolute atomic E-state index is 12.7. The zero-order valence-electron chi connectivity index (χ0n) is 13.6. The Morgan fingerprint density at radius 1 is 1.29 bits per heavy atom. The molecule has 1 aromatic carbocycles. The van der Waals surface area contributed by atoms with Crippen molar-refractivity contribution in [1.82, 2.24) is 4.90 Å². The fourth-order valence-corrected chi connectivity index (χ4v) is 4.54. The van der Waals surface area contributed by atoms with Crippen molar-refractivity contribution in [2.75, 3.05) is 20.4 Å². The second-order valence-corrected chi connectivity index (χ2v) is 6.75. The summed E-state index contributed by atoms with van der Waals surface area (Å²) in [5, 5.41) is 0. The molecule has 5 heteroatoms. The van der Waals surface area contributed by atoms with Gasteiger partial charge in [-0.25, -0.2) is 0 Å². The molecule has 1 spiro atoms. The summed E-state index contributed by atoms with van der Waals surface area (Å²) < 4.78 is 16.8. The van der Waals surface area contributed by atoms with Gasteiger partial charge in [-0.05, 0) is 41.7 Å². The standard InChI is InChI=1S/C19H19NO4/c1-22-14-5-4-13-8-18(21)20-6-2-3-12-7-16-17(24-11-23-16)9-15(12)19(13,20)10-14/h4-5,7-9,14H,2-3,6,10-11H2,1H3/t14?,19-/m0/s1. The van der Waals surface area contributed by atoms with Crippen molar-refractivity contribution < 1.29 is 19.0 Å². The van der Waals surface area contributed by atoms with Crippen LogP contribution in [0.4, 0.5) is 0 Å². The highest BCUT2D eigenvalue weighted by atomic mass is 16.7. The molecule has 1 amide bonds. The summed E-state index contributed by atoms with van der Waals surface area (Å²) in [5.74, 6) is 1.67. The van der Waals surface area contributed by atoms with Crippen molar-refractivity contribution in [3.05, 3.63) is 47.1 Å². The van der Waals surface area contributed by atoms with E-state index < -0.39 is 5.54 Å². The first-order chi connectivity index (χ1) is 11.7. The molecular formula is C19H19NO4. The first-order valence-electron chi connectivity index (χ1n) is 8.40. The maximum Gasteiger partial charge on any atom is 0.247 e. The summed E-state index contributed by atoms with van der Waals surface area (Å²) in [4.78, 5) is 14.7. The van der Waals surface area contributed by atoms with Gasteiger partial charge in [0.25, 0.3) is 0 Å². The van der Waals surface area contributed by atoms with Gasteiger partial charge in [0.05, 0.1) is 11.6 Å². The first kappa shape index (κ1) is 14.1. The van der Waals surface area contributed by atoms with E-state index in [0.29, 0.717) is 0 Å². The van der Waals surface area contributed by atoms with Crippen LogP contribution in [0.2, 0.25) is 0 Å².